The molecule has 3 aliphatic rings. The molecule has 0 spiro atoms. The molecule has 26 heavy (non-hydrogen) atoms. The normalized spacial score (nSPS) is 34.7. The molecule has 0 aromatic carbocycles. The van der Waals surface area contributed by atoms with Crippen molar-refractivity contribution in [3.05, 3.63) is 30.1 Å². The molecule has 5 unspecified atom stereocenters. The maximum absolute atomic E-state index is 13.2. The first-order chi connectivity index (χ1) is 12.6. The van der Waals surface area contributed by atoms with E-state index >= 15 is 0 Å². The third kappa shape index (κ3) is 3.36. The number of hydrogen-bond donors (Lipinski definition) is 4. The van der Waals surface area contributed by atoms with Crippen molar-refractivity contribution in [2.45, 2.75) is 63.2 Å². The fourth-order valence-corrected chi connectivity index (χ4v) is 4.63. The molecule has 0 bridgehead atoms. The van der Waals surface area contributed by atoms with Gasteiger partial charge in [0.05, 0.1) is 0 Å². The van der Waals surface area contributed by atoms with Crippen LogP contribution in [0.1, 0.15) is 44.6 Å². The summed E-state index contributed by atoms with van der Waals surface area (Å²) >= 11 is 0. The van der Waals surface area contributed by atoms with Crippen LogP contribution in [0.5, 0.6) is 0 Å². The van der Waals surface area contributed by atoms with Crippen molar-refractivity contribution in [2.75, 3.05) is 13.1 Å². The van der Waals surface area contributed by atoms with Gasteiger partial charge in [-0.2, -0.15) is 0 Å². The molecular weight excluding hydrogens is 328 g/mol. The zero-order valence-corrected chi connectivity index (χ0v) is 15.6. The first-order valence-electron chi connectivity index (χ1n) is 9.85. The summed E-state index contributed by atoms with van der Waals surface area (Å²) in [6.07, 6.45) is 6.70. The predicted octanol–water partition coefficient (Wildman–Crippen LogP) is 0.524. The van der Waals surface area contributed by atoms with E-state index in [4.69, 9.17) is 0 Å². The van der Waals surface area contributed by atoms with Crippen molar-refractivity contribution in [3.63, 3.8) is 0 Å². The van der Waals surface area contributed by atoms with E-state index in [1.54, 1.807) is 0 Å². The largest absolute Gasteiger partial charge is 0.337 e. The van der Waals surface area contributed by atoms with Crippen LogP contribution in [0.15, 0.2) is 24.5 Å². The lowest BCUT2D eigenvalue weighted by Crippen LogP contribution is -2.54. The number of amides is 1. The molecule has 0 saturated carbocycles. The predicted molar refractivity (Wildman–Crippen MR) is 99.9 cm³/mol. The molecule has 1 aromatic heterocycles. The Kier molecular flexibility index (Phi) is 5.22. The Labute approximate surface area is 155 Å². The van der Waals surface area contributed by atoms with Gasteiger partial charge in [0.1, 0.15) is 6.04 Å². The minimum Gasteiger partial charge on any atom is -0.337 e. The van der Waals surface area contributed by atoms with Gasteiger partial charge >= 0.3 is 0 Å². The zero-order valence-electron chi connectivity index (χ0n) is 15.6. The summed E-state index contributed by atoms with van der Waals surface area (Å²) in [6, 6.07) is 4.89. The lowest BCUT2D eigenvalue weighted by atomic mass is 9.88. The SMILES string of the molecule is CC(C)C1CC(C(=O)N2CCCC2C2NNCC2c2ccncc2)NN1. The van der Waals surface area contributed by atoms with Gasteiger partial charge in [-0.15, -0.1) is 0 Å². The van der Waals surface area contributed by atoms with Crippen LogP contribution in [-0.2, 0) is 4.79 Å². The molecule has 3 saturated heterocycles. The number of rotatable bonds is 4. The fourth-order valence-electron chi connectivity index (χ4n) is 4.63. The molecule has 1 amide bonds. The van der Waals surface area contributed by atoms with E-state index in [0.29, 0.717) is 17.9 Å². The molecule has 0 radical (unpaired) electrons. The van der Waals surface area contributed by atoms with E-state index in [-0.39, 0.29) is 24.0 Å². The highest BCUT2D eigenvalue weighted by atomic mass is 16.2. The van der Waals surface area contributed by atoms with E-state index in [9.17, 15) is 4.79 Å². The number of carbonyl (C=O) groups is 1. The van der Waals surface area contributed by atoms with Crippen LogP contribution >= 0.6 is 0 Å². The average Bonchev–Trinajstić information content (AvgIpc) is 3.40. The zero-order chi connectivity index (χ0) is 18.1. The van der Waals surface area contributed by atoms with Crippen LogP contribution in [0.2, 0.25) is 0 Å². The number of aromatic nitrogens is 1. The van der Waals surface area contributed by atoms with Crippen molar-refractivity contribution in [3.8, 4) is 0 Å². The second-order valence-electron chi connectivity index (χ2n) is 8.11. The third-order valence-electron chi connectivity index (χ3n) is 6.19. The van der Waals surface area contributed by atoms with Gasteiger partial charge in [-0.3, -0.25) is 26.1 Å². The van der Waals surface area contributed by atoms with Crippen molar-refractivity contribution in [1.82, 2.24) is 31.6 Å². The van der Waals surface area contributed by atoms with Crippen molar-refractivity contribution >= 4 is 5.91 Å². The highest BCUT2D eigenvalue weighted by Crippen LogP contribution is 2.32. The van der Waals surface area contributed by atoms with E-state index < -0.39 is 0 Å². The Morgan fingerprint density at radius 2 is 2.04 bits per heavy atom. The Morgan fingerprint density at radius 3 is 2.77 bits per heavy atom. The molecule has 0 aliphatic carbocycles. The standard InChI is InChI=1S/C19H30N6O/c1-12(2)15-10-16(23-22-15)19(26)25-9-3-4-17(25)18-14(11-21-24-18)13-5-7-20-8-6-13/h5-8,12,14-18,21-24H,3-4,9-11H2,1-2H3. The van der Waals surface area contributed by atoms with Crippen molar-refractivity contribution in [2.24, 2.45) is 5.92 Å². The molecule has 142 valence electrons. The van der Waals surface area contributed by atoms with E-state index in [1.165, 1.54) is 5.56 Å². The van der Waals surface area contributed by atoms with Gasteiger partial charge < -0.3 is 4.90 Å². The number of pyridine rings is 1. The second-order valence-corrected chi connectivity index (χ2v) is 8.11. The lowest BCUT2D eigenvalue weighted by molar-refractivity contribution is -0.134. The Morgan fingerprint density at radius 1 is 1.23 bits per heavy atom. The van der Waals surface area contributed by atoms with Crippen LogP contribution in [0, 0.1) is 5.92 Å². The average molecular weight is 358 g/mol. The molecule has 4 heterocycles. The van der Waals surface area contributed by atoms with Crippen LogP contribution in [-0.4, -0.2) is 53.0 Å². The first kappa shape index (κ1) is 17.9. The van der Waals surface area contributed by atoms with Crippen LogP contribution in [0.3, 0.4) is 0 Å². The summed E-state index contributed by atoms with van der Waals surface area (Å²) < 4.78 is 0. The van der Waals surface area contributed by atoms with Crippen LogP contribution in [0.25, 0.3) is 0 Å². The van der Waals surface area contributed by atoms with Gasteiger partial charge in [0.15, 0.2) is 0 Å². The summed E-state index contributed by atoms with van der Waals surface area (Å²) in [5.41, 5.74) is 14.6. The maximum Gasteiger partial charge on any atom is 0.241 e. The smallest absolute Gasteiger partial charge is 0.241 e. The molecule has 7 nitrogen and oxygen atoms in total. The topological polar surface area (TPSA) is 81.3 Å². The van der Waals surface area contributed by atoms with Gasteiger partial charge in [-0.05, 0) is 42.9 Å². The van der Waals surface area contributed by atoms with E-state index in [0.717, 1.165) is 32.4 Å². The van der Waals surface area contributed by atoms with E-state index in [1.807, 2.05) is 12.4 Å². The number of carbonyl (C=O) groups excluding carboxylic acids is 1. The van der Waals surface area contributed by atoms with Gasteiger partial charge in [-0.1, -0.05) is 13.8 Å². The molecule has 5 atom stereocenters. The molecule has 7 heteroatoms. The van der Waals surface area contributed by atoms with Crippen LogP contribution < -0.4 is 21.7 Å². The Balaban J connectivity index is 1.47. The van der Waals surface area contributed by atoms with Crippen molar-refractivity contribution < 1.29 is 4.79 Å². The third-order valence-corrected chi connectivity index (χ3v) is 6.19. The Hall–Kier alpha value is -1.54. The van der Waals surface area contributed by atoms with Gasteiger partial charge in [0.25, 0.3) is 0 Å². The maximum atomic E-state index is 13.2. The quantitative estimate of drug-likeness (QED) is 0.629. The highest BCUT2D eigenvalue weighted by Gasteiger charge is 2.44. The van der Waals surface area contributed by atoms with Crippen LogP contribution in [0.4, 0.5) is 0 Å². The fraction of sp³-hybridized carbons (Fsp3) is 0.684. The number of hydrogen-bond acceptors (Lipinski definition) is 6. The van der Waals surface area contributed by atoms with Gasteiger partial charge in [-0.25, -0.2) is 5.43 Å². The van der Waals surface area contributed by atoms with Crippen molar-refractivity contribution in [1.29, 1.82) is 0 Å². The molecule has 1 aromatic rings. The highest BCUT2D eigenvalue weighted by molar-refractivity contribution is 5.83. The Bertz CT molecular complexity index is 624. The summed E-state index contributed by atoms with van der Waals surface area (Å²) in [5.74, 6) is 1.12. The lowest BCUT2D eigenvalue weighted by Gasteiger charge is -2.33. The minimum absolute atomic E-state index is 0.114. The first-order valence-corrected chi connectivity index (χ1v) is 9.85. The molecule has 4 N–H and O–H groups in total. The molecule has 3 fully saturated rings. The van der Waals surface area contributed by atoms with Gasteiger partial charge in [0.2, 0.25) is 5.91 Å². The molecular formula is C19H30N6O. The number of likely N-dealkylation sites (tertiary alicyclic amines) is 1. The monoisotopic (exact) mass is 358 g/mol. The number of hydrazine groups is 2. The van der Waals surface area contributed by atoms with Gasteiger partial charge in [0, 0.05) is 49.5 Å². The molecule has 4 rings (SSSR count). The summed E-state index contributed by atoms with van der Waals surface area (Å²) in [5, 5.41) is 0. The summed E-state index contributed by atoms with van der Waals surface area (Å²) in [7, 11) is 0. The second kappa shape index (κ2) is 7.60. The number of nitrogens with zero attached hydrogens (tertiary/aromatic N) is 2. The summed E-state index contributed by atoms with van der Waals surface area (Å²) in [6.45, 7) is 6.12. The molecule has 3 aliphatic heterocycles. The minimum atomic E-state index is -0.114. The van der Waals surface area contributed by atoms with E-state index in [2.05, 4.69) is 57.6 Å². The summed E-state index contributed by atoms with van der Waals surface area (Å²) in [4.78, 5) is 19.4. The number of nitrogens with one attached hydrogen (secondary N) is 4.